The topological polar surface area (TPSA) is 106 Å². The van der Waals surface area contributed by atoms with Gasteiger partial charge in [-0.3, -0.25) is 4.98 Å². The Morgan fingerprint density at radius 1 is 1.18 bits per heavy atom. The minimum Gasteiger partial charge on any atom is -0.484 e. The maximum Gasteiger partial charge on any atom is 0.148 e. The molecule has 1 aliphatic heterocycles. The monoisotopic (exact) mass is 532 g/mol. The fourth-order valence-corrected chi connectivity index (χ4v) is 5.14. The molecule has 0 spiro atoms. The second-order valence-corrected chi connectivity index (χ2v) is 9.36. The molecule has 1 unspecified atom stereocenters. The Balaban J connectivity index is 0.00000294. The Morgan fingerprint density at radius 2 is 2.00 bits per heavy atom. The van der Waals surface area contributed by atoms with Gasteiger partial charge in [-0.25, -0.2) is 13.6 Å². The van der Waals surface area contributed by atoms with E-state index in [0.717, 1.165) is 53.8 Å². The molecule has 194 valence electrons. The SMILES string of the molecule is Cc1c(-c2cc(OC(C)c3cncc4cc(F)ccc34)c3c(C#N)cnn3c2)nnn1C1CCNCC1.Cl. The first-order valence-corrected chi connectivity index (χ1v) is 12.3. The molecule has 1 N–H and O–H groups in total. The number of rotatable bonds is 5. The van der Waals surface area contributed by atoms with Gasteiger partial charge in [0, 0.05) is 35.1 Å². The molecule has 5 heterocycles. The van der Waals surface area contributed by atoms with Crippen LogP contribution in [0.5, 0.6) is 5.75 Å². The van der Waals surface area contributed by atoms with Crippen LogP contribution in [0.4, 0.5) is 4.39 Å². The van der Waals surface area contributed by atoms with E-state index < -0.39 is 6.10 Å². The van der Waals surface area contributed by atoms with Crippen LogP contribution in [-0.2, 0) is 0 Å². The standard InChI is InChI=1S/C27H25FN8O.ClH/c1-16-26(33-34-36(16)22-5-7-30-8-6-22)19-10-25(27-20(11-29)13-32-35(27)15-19)37-17(2)24-14-31-12-18-9-21(28)3-4-23(18)24;/h3-4,9-10,12-15,17,22,30H,5-8H2,1-2H3;1H. The van der Waals surface area contributed by atoms with Gasteiger partial charge in [0.15, 0.2) is 0 Å². The lowest BCUT2D eigenvalue weighted by molar-refractivity contribution is 0.230. The molecule has 5 aromatic rings. The van der Waals surface area contributed by atoms with E-state index in [-0.39, 0.29) is 18.2 Å². The molecule has 4 aromatic heterocycles. The molecule has 1 atom stereocenters. The molecular formula is C27H26ClFN8O. The first kappa shape index (κ1) is 25.6. The maximum absolute atomic E-state index is 13.8. The smallest absolute Gasteiger partial charge is 0.148 e. The molecule has 11 heteroatoms. The van der Waals surface area contributed by atoms with Crippen LogP contribution in [0.25, 0.3) is 27.5 Å². The summed E-state index contributed by atoms with van der Waals surface area (Å²) >= 11 is 0. The number of hydrogen-bond donors (Lipinski definition) is 1. The predicted octanol–water partition coefficient (Wildman–Crippen LogP) is 4.95. The van der Waals surface area contributed by atoms with Gasteiger partial charge in [0.2, 0.25) is 0 Å². The van der Waals surface area contributed by atoms with E-state index in [1.807, 2.05) is 30.8 Å². The summed E-state index contributed by atoms with van der Waals surface area (Å²) in [6, 6.07) is 9.01. The van der Waals surface area contributed by atoms with Gasteiger partial charge < -0.3 is 10.1 Å². The Labute approximate surface area is 224 Å². The van der Waals surface area contributed by atoms with Crippen molar-refractivity contribution in [3.8, 4) is 23.1 Å². The highest BCUT2D eigenvalue weighted by atomic mass is 35.5. The number of halogens is 2. The molecule has 9 nitrogen and oxygen atoms in total. The molecular weight excluding hydrogens is 507 g/mol. The van der Waals surface area contributed by atoms with Gasteiger partial charge in [-0.05, 0) is 63.4 Å². The van der Waals surface area contributed by atoms with Gasteiger partial charge in [0.1, 0.15) is 40.5 Å². The highest BCUT2D eigenvalue weighted by Gasteiger charge is 2.23. The summed E-state index contributed by atoms with van der Waals surface area (Å²) in [4.78, 5) is 4.28. The molecule has 38 heavy (non-hydrogen) atoms. The van der Waals surface area contributed by atoms with E-state index in [1.54, 1.807) is 23.0 Å². The van der Waals surface area contributed by atoms with E-state index in [0.29, 0.717) is 28.3 Å². The lowest BCUT2D eigenvalue weighted by Gasteiger charge is -2.23. The van der Waals surface area contributed by atoms with Gasteiger partial charge in [-0.2, -0.15) is 10.4 Å². The predicted molar refractivity (Wildman–Crippen MR) is 143 cm³/mol. The number of nitrogens with zero attached hydrogens (tertiary/aromatic N) is 7. The van der Waals surface area contributed by atoms with Crippen molar-refractivity contribution < 1.29 is 9.13 Å². The van der Waals surface area contributed by atoms with Gasteiger partial charge in [-0.15, -0.1) is 17.5 Å². The summed E-state index contributed by atoms with van der Waals surface area (Å²) < 4.78 is 23.9. The lowest BCUT2D eigenvalue weighted by Crippen LogP contribution is -2.30. The van der Waals surface area contributed by atoms with E-state index >= 15 is 0 Å². The van der Waals surface area contributed by atoms with Gasteiger partial charge in [-0.1, -0.05) is 11.3 Å². The van der Waals surface area contributed by atoms with Crippen molar-refractivity contribution in [3.05, 3.63) is 71.7 Å². The molecule has 1 saturated heterocycles. The first-order valence-electron chi connectivity index (χ1n) is 12.3. The molecule has 1 aliphatic rings. The van der Waals surface area contributed by atoms with Crippen LogP contribution in [0.1, 0.15) is 48.7 Å². The fraction of sp³-hybridized carbons (Fsp3) is 0.296. The number of pyridine rings is 2. The number of hydrogen-bond acceptors (Lipinski definition) is 7. The highest BCUT2D eigenvalue weighted by molar-refractivity contribution is 5.85. The molecule has 6 rings (SSSR count). The number of nitriles is 1. The fourth-order valence-electron chi connectivity index (χ4n) is 5.14. The van der Waals surface area contributed by atoms with Gasteiger partial charge >= 0.3 is 0 Å². The number of piperidine rings is 1. The van der Waals surface area contributed by atoms with Crippen molar-refractivity contribution in [1.29, 1.82) is 5.26 Å². The molecule has 0 bridgehead atoms. The van der Waals surface area contributed by atoms with Gasteiger partial charge in [0.25, 0.3) is 0 Å². The zero-order chi connectivity index (χ0) is 25.5. The number of benzene rings is 1. The Bertz CT molecular complexity index is 1670. The quantitative estimate of drug-likeness (QED) is 0.341. The highest BCUT2D eigenvalue weighted by Crippen LogP contribution is 2.35. The lowest BCUT2D eigenvalue weighted by atomic mass is 10.0. The minimum absolute atomic E-state index is 0. The van der Waals surface area contributed by atoms with Crippen molar-refractivity contribution in [2.24, 2.45) is 0 Å². The van der Waals surface area contributed by atoms with Crippen molar-refractivity contribution in [2.45, 2.75) is 38.8 Å². The van der Waals surface area contributed by atoms with E-state index in [2.05, 4.69) is 31.8 Å². The van der Waals surface area contributed by atoms with Crippen molar-refractivity contribution in [2.75, 3.05) is 13.1 Å². The number of fused-ring (bicyclic) bond motifs is 2. The van der Waals surface area contributed by atoms with E-state index in [1.165, 1.54) is 18.3 Å². The second-order valence-electron chi connectivity index (χ2n) is 9.36. The van der Waals surface area contributed by atoms with Crippen LogP contribution >= 0.6 is 12.4 Å². The zero-order valence-electron chi connectivity index (χ0n) is 20.9. The zero-order valence-corrected chi connectivity index (χ0v) is 21.7. The Hall–Kier alpha value is -4.07. The summed E-state index contributed by atoms with van der Waals surface area (Å²) in [7, 11) is 0. The molecule has 0 saturated carbocycles. The molecule has 1 fully saturated rings. The van der Waals surface area contributed by atoms with Crippen LogP contribution in [0.2, 0.25) is 0 Å². The van der Waals surface area contributed by atoms with Crippen molar-refractivity contribution in [1.82, 2.24) is 34.9 Å². The third-order valence-corrected chi connectivity index (χ3v) is 7.05. The average Bonchev–Trinajstić information content (AvgIpc) is 3.51. The van der Waals surface area contributed by atoms with Crippen molar-refractivity contribution >= 4 is 28.7 Å². The molecule has 0 amide bonds. The summed E-state index contributed by atoms with van der Waals surface area (Å²) in [6.45, 7) is 5.85. The van der Waals surface area contributed by atoms with Crippen LogP contribution in [-0.4, -0.2) is 42.7 Å². The normalized spacial score (nSPS) is 14.8. The van der Waals surface area contributed by atoms with E-state index in [9.17, 15) is 9.65 Å². The Kier molecular flexibility index (Phi) is 6.97. The molecule has 1 aromatic carbocycles. The summed E-state index contributed by atoms with van der Waals surface area (Å²) in [6.07, 6.45) is 8.30. The molecule has 0 radical (unpaired) electrons. The number of nitrogens with one attached hydrogen (secondary N) is 1. The number of aromatic nitrogens is 6. The van der Waals surface area contributed by atoms with Crippen LogP contribution in [0.3, 0.4) is 0 Å². The first-order chi connectivity index (χ1) is 18.0. The summed E-state index contributed by atoms with van der Waals surface area (Å²) in [5, 5.41) is 28.0. The van der Waals surface area contributed by atoms with Crippen LogP contribution in [0.15, 0.2) is 49.1 Å². The third kappa shape index (κ3) is 4.44. The second kappa shape index (κ2) is 10.4. The van der Waals surface area contributed by atoms with E-state index in [4.69, 9.17) is 4.74 Å². The van der Waals surface area contributed by atoms with Crippen LogP contribution < -0.4 is 10.1 Å². The Morgan fingerprint density at radius 3 is 2.79 bits per heavy atom. The average molecular weight is 533 g/mol. The maximum atomic E-state index is 13.8. The largest absolute Gasteiger partial charge is 0.484 e. The molecule has 0 aliphatic carbocycles. The number of ether oxygens (including phenoxy) is 1. The summed E-state index contributed by atoms with van der Waals surface area (Å²) in [5.74, 6) is 0.175. The van der Waals surface area contributed by atoms with Gasteiger partial charge in [0.05, 0.1) is 17.9 Å². The van der Waals surface area contributed by atoms with Crippen LogP contribution in [0, 0.1) is 24.1 Å². The summed E-state index contributed by atoms with van der Waals surface area (Å²) in [5.41, 5.74) is 4.29. The minimum atomic E-state index is -0.436. The van der Waals surface area contributed by atoms with Crippen molar-refractivity contribution in [3.63, 3.8) is 0 Å². The third-order valence-electron chi connectivity index (χ3n) is 7.05.